The Bertz CT molecular complexity index is 335. The van der Waals surface area contributed by atoms with Crippen LogP contribution in [0.4, 0.5) is 5.69 Å². The molecule has 14 heavy (non-hydrogen) atoms. The third kappa shape index (κ3) is 3.95. The molecule has 5 heteroatoms. The smallest absolute Gasteiger partial charge is 0.328 e. The van der Waals surface area contributed by atoms with E-state index in [0.29, 0.717) is 11.4 Å². The highest BCUT2D eigenvalue weighted by Crippen LogP contribution is 2.15. The molecule has 0 saturated carbocycles. The van der Waals surface area contributed by atoms with Gasteiger partial charge in [-0.1, -0.05) is 6.08 Å². The SMILES string of the molecule is Nc1ccc(SCC=CC(=O)O)nc1. The van der Waals surface area contributed by atoms with E-state index in [2.05, 4.69) is 4.98 Å². The second-order valence-corrected chi connectivity index (χ2v) is 3.52. The van der Waals surface area contributed by atoms with Gasteiger partial charge in [0, 0.05) is 11.8 Å². The van der Waals surface area contributed by atoms with Gasteiger partial charge in [-0.15, -0.1) is 11.8 Å². The van der Waals surface area contributed by atoms with E-state index in [9.17, 15) is 4.79 Å². The molecule has 0 atom stereocenters. The van der Waals surface area contributed by atoms with Crippen molar-refractivity contribution in [2.24, 2.45) is 0 Å². The predicted octanol–water partition coefficient (Wildman–Crippen LogP) is 1.40. The maximum absolute atomic E-state index is 10.1. The van der Waals surface area contributed by atoms with E-state index in [4.69, 9.17) is 10.8 Å². The minimum atomic E-state index is -0.934. The number of nitrogen functional groups attached to an aromatic ring is 1. The lowest BCUT2D eigenvalue weighted by Crippen LogP contribution is -1.88. The van der Waals surface area contributed by atoms with Crippen LogP contribution in [0.15, 0.2) is 35.5 Å². The molecule has 0 spiro atoms. The van der Waals surface area contributed by atoms with Gasteiger partial charge in [0.05, 0.1) is 16.9 Å². The number of anilines is 1. The number of aromatic nitrogens is 1. The topological polar surface area (TPSA) is 76.2 Å². The quantitative estimate of drug-likeness (QED) is 0.580. The van der Waals surface area contributed by atoms with Crippen molar-refractivity contribution in [2.75, 3.05) is 11.5 Å². The van der Waals surface area contributed by atoms with Crippen LogP contribution < -0.4 is 5.73 Å². The molecule has 0 fully saturated rings. The number of pyridine rings is 1. The summed E-state index contributed by atoms with van der Waals surface area (Å²) in [5.74, 6) is -0.348. The van der Waals surface area contributed by atoms with Crippen molar-refractivity contribution in [3.8, 4) is 0 Å². The highest BCUT2D eigenvalue weighted by Gasteiger charge is 1.93. The van der Waals surface area contributed by atoms with E-state index < -0.39 is 5.97 Å². The first-order valence-corrected chi connectivity index (χ1v) is 4.91. The van der Waals surface area contributed by atoms with E-state index in [-0.39, 0.29) is 0 Å². The minimum Gasteiger partial charge on any atom is -0.478 e. The van der Waals surface area contributed by atoms with Crippen LogP contribution in [0, 0.1) is 0 Å². The van der Waals surface area contributed by atoms with Gasteiger partial charge in [-0.05, 0) is 12.1 Å². The maximum Gasteiger partial charge on any atom is 0.328 e. The van der Waals surface area contributed by atoms with Gasteiger partial charge >= 0.3 is 5.97 Å². The van der Waals surface area contributed by atoms with Gasteiger partial charge in [-0.2, -0.15) is 0 Å². The fourth-order valence-electron chi connectivity index (χ4n) is 0.760. The highest BCUT2D eigenvalue weighted by atomic mass is 32.2. The zero-order chi connectivity index (χ0) is 10.4. The zero-order valence-corrected chi connectivity index (χ0v) is 8.20. The molecule has 0 bridgehead atoms. The third-order valence-corrected chi connectivity index (χ3v) is 2.24. The fourth-order valence-corrected chi connectivity index (χ4v) is 1.41. The summed E-state index contributed by atoms with van der Waals surface area (Å²) in [6, 6.07) is 3.56. The van der Waals surface area contributed by atoms with Gasteiger partial charge < -0.3 is 10.8 Å². The van der Waals surface area contributed by atoms with Crippen molar-refractivity contribution in [3.05, 3.63) is 30.5 Å². The van der Waals surface area contributed by atoms with Crippen molar-refractivity contribution in [3.63, 3.8) is 0 Å². The second-order valence-electron chi connectivity index (χ2n) is 2.48. The molecule has 0 saturated heterocycles. The molecule has 1 aromatic rings. The Morgan fingerprint density at radius 2 is 2.43 bits per heavy atom. The Morgan fingerprint density at radius 3 is 3.00 bits per heavy atom. The summed E-state index contributed by atoms with van der Waals surface area (Å²) in [5.41, 5.74) is 6.08. The summed E-state index contributed by atoms with van der Waals surface area (Å²) in [4.78, 5) is 14.2. The zero-order valence-electron chi connectivity index (χ0n) is 7.38. The Labute approximate surface area is 85.8 Å². The van der Waals surface area contributed by atoms with Crippen molar-refractivity contribution >= 4 is 23.4 Å². The number of nitrogens with two attached hydrogens (primary N) is 1. The minimum absolute atomic E-state index is 0.587. The standard InChI is InChI=1S/C9H10N2O2S/c10-7-3-4-8(11-6-7)14-5-1-2-9(12)13/h1-4,6H,5,10H2,(H,12,13). The van der Waals surface area contributed by atoms with Crippen molar-refractivity contribution in [1.82, 2.24) is 4.98 Å². The molecule has 0 radical (unpaired) electrons. The molecule has 0 aliphatic carbocycles. The molecule has 0 unspecified atom stereocenters. The number of hydrogen-bond acceptors (Lipinski definition) is 4. The number of thioether (sulfide) groups is 1. The van der Waals surface area contributed by atoms with Crippen LogP contribution in [-0.2, 0) is 4.79 Å². The maximum atomic E-state index is 10.1. The Morgan fingerprint density at radius 1 is 1.64 bits per heavy atom. The summed E-state index contributed by atoms with van der Waals surface area (Å²) in [7, 11) is 0. The summed E-state index contributed by atoms with van der Waals surface area (Å²) in [6.45, 7) is 0. The molecular weight excluding hydrogens is 200 g/mol. The lowest BCUT2D eigenvalue weighted by atomic mass is 10.4. The number of nitrogens with zero attached hydrogens (tertiary/aromatic N) is 1. The van der Waals surface area contributed by atoms with Crippen LogP contribution in [0.1, 0.15) is 0 Å². The van der Waals surface area contributed by atoms with E-state index in [1.165, 1.54) is 11.8 Å². The number of aliphatic carboxylic acids is 1. The highest BCUT2D eigenvalue weighted by molar-refractivity contribution is 7.99. The summed E-state index contributed by atoms with van der Waals surface area (Å²) in [5, 5.41) is 9.15. The first kappa shape index (κ1) is 10.6. The number of carboxylic acid groups (broad SMARTS) is 1. The summed E-state index contributed by atoms with van der Waals surface area (Å²) < 4.78 is 0. The van der Waals surface area contributed by atoms with E-state index >= 15 is 0 Å². The van der Waals surface area contributed by atoms with Gasteiger partial charge in [-0.25, -0.2) is 9.78 Å². The van der Waals surface area contributed by atoms with E-state index in [1.807, 2.05) is 0 Å². The van der Waals surface area contributed by atoms with Gasteiger partial charge in [0.2, 0.25) is 0 Å². The average Bonchev–Trinajstić information content (AvgIpc) is 2.15. The number of rotatable bonds is 4. The molecular formula is C9H10N2O2S. The monoisotopic (exact) mass is 210 g/mol. The average molecular weight is 210 g/mol. The van der Waals surface area contributed by atoms with Gasteiger partial charge in [0.15, 0.2) is 0 Å². The lowest BCUT2D eigenvalue weighted by molar-refractivity contribution is -0.131. The summed E-state index contributed by atoms with van der Waals surface area (Å²) >= 11 is 1.45. The predicted molar refractivity (Wildman–Crippen MR) is 56.1 cm³/mol. The van der Waals surface area contributed by atoms with Crippen LogP contribution in [0.25, 0.3) is 0 Å². The molecule has 74 valence electrons. The molecule has 0 amide bonds. The van der Waals surface area contributed by atoms with Crippen LogP contribution in [0.3, 0.4) is 0 Å². The lowest BCUT2D eigenvalue weighted by Gasteiger charge is -1.96. The van der Waals surface area contributed by atoms with Crippen LogP contribution >= 0.6 is 11.8 Å². The van der Waals surface area contributed by atoms with Crippen molar-refractivity contribution < 1.29 is 9.90 Å². The third-order valence-electron chi connectivity index (χ3n) is 1.35. The molecule has 3 N–H and O–H groups in total. The Balaban J connectivity index is 2.39. The van der Waals surface area contributed by atoms with Crippen LogP contribution in [0.2, 0.25) is 0 Å². The van der Waals surface area contributed by atoms with Gasteiger partial charge in [-0.3, -0.25) is 0 Å². The Kier molecular flexibility index (Phi) is 4.00. The van der Waals surface area contributed by atoms with E-state index in [1.54, 1.807) is 24.4 Å². The van der Waals surface area contributed by atoms with E-state index in [0.717, 1.165) is 11.1 Å². The molecule has 0 aliphatic rings. The first-order valence-electron chi connectivity index (χ1n) is 3.92. The second kappa shape index (κ2) is 5.29. The fraction of sp³-hybridized carbons (Fsp3) is 0.111. The number of hydrogen-bond donors (Lipinski definition) is 2. The normalized spacial score (nSPS) is 10.6. The van der Waals surface area contributed by atoms with Gasteiger partial charge in [0.1, 0.15) is 0 Å². The van der Waals surface area contributed by atoms with Crippen LogP contribution in [-0.4, -0.2) is 21.8 Å². The van der Waals surface area contributed by atoms with Crippen molar-refractivity contribution in [2.45, 2.75) is 5.03 Å². The molecule has 0 aliphatic heterocycles. The summed E-state index contributed by atoms with van der Waals surface area (Å²) in [6.07, 6.45) is 4.26. The number of carbonyl (C=O) groups is 1. The molecule has 1 aromatic heterocycles. The van der Waals surface area contributed by atoms with Crippen molar-refractivity contribution in [1.29, 1.82) is 0 Å². The molecule has 4 nitrogen and oxygen atoms in total. The Hall–Kier alpha value is -1.49. The molecule has 1 heterocycles. The molecule has 0 aromatic carbocycles. The molecule has 1 rings (SSSR count). The van der Waals surface area contributed by atoms with Crippen LogP contribution in [0.5, 0.6) is 0 Å². The van der Waals surface area contributed by atoms with Gasteiger partial charge in [0.25, 0.3) is 0 Å². The number of carboxylic acids is 1. The largest absolute Gasteiger partial charge is 0.478 e. The first-order chi connectivity index (χ1) is 6.68.